The van der Waals surface area contributed by atoms with Crippen LogP contribution in [0.15, 0.2) is 18.2 Å². The first-order valence-corrected chi connectivity index (χ1v) is 7.78. The van der Waals surface area contributed by atoms with E-state index in [1.54, 1.807) is 6.07 Å². The highest BCUT2D eigenvalue weighted by atomic mass is 16.3. The van der Waals surface area contributed by atoms with Crippen LogP contribution < -0.4 is 0 Å². The number of phenols is 1. The van der Waals surface area contributed by atoms with Crippen LogP contribution in [0.2, 0.25) is 0 Å². The zero-order chi connectivity index (χ0) is 15.6. The van der Waals surface area contributed by atoms with Gasteiger partial charge in [-0.3, -0.25) is 4.79 Å². The van der Waals surface area contributed by atoms with Gasteiger partial charge in [0.25, 0.3) is 0 Å². The molecule has 2 nitrogen and oxygen atoms in total. The van der Waals surface area contributed by atoms with E-state index in [-0.39, 0.29) is 23.2 Å². The minimum Gasteiger partial charge on any atom is -0.508 e. The minimum atomic E-state index is -0.186. The van der Waals surface area contributed by atoms with Crippen molar-refractivity contribution in [3.05, 3.63) is 29.3 Å². The van der Waals surface area contributed by atoms with Crippen LogP contribution in [0.1, 0.15) is 58.8 Å². The average molecular weight is 272 g/mol. The van der Waals surface area contributed by atoms with Crippen molar-refractivity contribution in [3.8, 4) is 5.75 Å². The third kappa shape index (κ3) is 1.54. The largest absolute Gasteiger partial charge is 0.508 e. The van der Waals surface area contributed by atoms with Gasteiger partial charge < -0.3 is 5.11 Å². The number of aromatic hydroxyl groups is 1. The molecule has 3 aliphatic rings. The fourth-order valence-corrected chi connectivity index (χ4v) is 5.18. The summed E-state index contributed by atoms with van der Waals surface area (Å²) in [6.07, 6.45) is 5.43. The maximum absolute atomic E-state index is 12.3. The molecular weight excluding hydrogens is 248 g/mol. The number of carbonyl (C=O) groups excluding carboxylic acids is 1. The fourth-order valence-electron chi connectivity index (χ4n) is 5.18. The number of hydrogen-bond acceptors (Lipinski definition) is 2. The Morgan fingerprint density at radius 3 is 3.05 bits per heavy atom. The SMILES string of the molecule is [2H]c1cc2c(c([2H])c1O)CC[C@@H]1[C@@H]2CC[C@]2(C)C(=O)CC[C@@H]12. The molecule has 1 aromatic rings. The second-order valence-electron chi connectivity index (χ2n) is 7.03. The first-order chi connectivity index (χ1) is 10.4. The topological polar surface area (TPSA) is 37.3 Å². The van der Waals surface area contributed by atoms with Crippen LogP contribution in [0.4, 0.5) is 0 Å². The Morgan fingerprint density at radius 2 is 2.20 bits per heavy atom. The van der Waals surface area contributed by atoms with Crippen LogP contribution in [0.25, 0.3) is 0 Å². The van der Waals surface area contributed by atoms with E-state index in [2.05, 4.69) is 6.92 Å². The fraction of sp³-hybridized carbons (Fsp3) is 0.611. The first kappa shape index (κ1) is 10.4. The van der Waals surface area contributed by atoms with Crippen molar-refractivity contribution >= 4 is 5.78 Å². The standard InChI is InChI=1S/C18H22O2/c1-18-9-8-14-13-5-3-12(19)10-11(13)2-4-15(14)16(18)6-7-17(18)20/h3,5,10,14-16,19H,2,4,6-9H2,1H3/t14-,15-,16+,18+/m1/s1/i3D,10D. The zero-order valence-electron chi connectivity index (χ0n) is 13.9. The molecule has 0 amide bonds. The van der Waals surface area contributed by atoms with Gasteiger partial charge in [0.05, 0.1) is 2.74 Å². The summed E-state index contributed by atoms with van der Waals surface area (Å²) >= 11 is 0. The molecule has 3 aliphatic carbocycles. The Balaban J connectivity index is 1.78. The molecule has 2 heteroatoms. The van der Waals surface area contributed by atoms with E-state index in [4.69, 9.17) is 2.74 Å². The van der Waals surface area contributed by atoms with Crippen molar-refractivity contribution in [2.75, 3.05) is 0 Å². The molecule has 0 heterocycles. The molecular formula is C18H22O2. The monoisotopic (exact) mass is 272 g/mol. The van der Waals surface area contributed by atoms with Crippen molar-refractivity contribution in [2.24, 2.45) is 17.3 Å². The highest BCUT2D eigenvalue weighted by Gasteiger charge is 2.54. The minimum absolute atomic E-state index is 0.0697. The van der Waals surface area contributed by atoms with E-state index in [9.17, 15) is 9.90 Å². The Labute approximate surface area is 123 Å². The number of rotatable bonds is 0. The van der Waals surface area contributed by atoms with E-state index in [1.165, 1.54) is 0 Å². The first-order valence-electron chi connectivity index (χ1n) is 8.78. The van der Waals surface area contributed by atoms with Crippen molar-refractivity contribution in [1.82, 2.24) is 0 Å². The van der Waals surface area contributed by atoms with E-state index in [0.29, 0.717) is 23.5 Å². The third-order valence-electron chi connectivity index (χ3n) is 6.26. The zero-order valence-corrected chi connectivity index (χ0v) is 11.9. The van der Waals surface area contributed by atoms with E-state index in [0.717, 1.165) is 49.7 Å². The number of fused-ring (bicyclic) bond motifs is 5. The Kier molecular flexibility index (Phi) is 2.13. The third-order valence-corrected chi connectivity index (χ3v) is 6.26. The van der Waals surface area contributed by atoms with E-state index in [1.807, 2.05) is 0 Å². The van der Waals surface area contributed by atoms with Crippen molar-refractivity contribution in [3.63, 3.8) is 0 Å². The average Bonchev–Trinajstić information content (AvgIpc) is 2.80. The summed E-state index contributed by atoms with van der Waals surface area (Å²) in [7, 11) is 0. The Hall–Kier alpha value is -1.31. The molecule has 2 saturated carbocycles. The van der Waals surface area contributed by atoms with Gasteiger partial charge in [0.2, 0.25) is 0 Å². The van der Waals surface area contributed by atoms with Crippen molar-refractivity contribution in [2.45, 2.75) is 51.4 Å². The summed E-state index contributed by atoms with van der Waals surface area (Å²) in [5.74, 6) is 1.58. The van der Waals surface area contributed by atoms with Gasteiger partial charge in [-0.15, -0.1) is 0 Å². The molecule has 1 N–H and O–H groups in total. The molecule has 0 saturated heterocycles. The van der Waals surface area contributed by atoms with E-state index >= 15 is 0 Å². The van der Waals surface area contributed by atoms with Crippen molar-refractivity contribution in [1.29, 1.82) is 0 Å². The van der Waals surface area contributed by atoms with Gasteiger partial charge in [0.1, 0.15) is 11.5 Å². The molecule has 20 heavy (non-hydrogen) atoms. The van der Waals surface area contributed by atoms with Gasteiger partial charge in [0.15, 0.2) is 0 Å². The van der Waals surface area contributed by atoms with Crippen LogP contribution in [-0.2, 0) is 11.2 Å². The maximum atomic E-state index is 12.3. The maximum Gasteiger partial charge on any atom is 0.139 e. The lowest BCUT2D eigenvalue weighted by molar-refractivity contribution is -0.129. The summed E-state index contributed by atoms with van der Waals surface area (Å²) in [6, 6.07) is 2.00. The number of ketones is 1. The summed E-state index contributed by atoms with van der Waals surface area (Å²) in [6.45, 7) is 2.15. The number of phenolic OH excluding ortho intramolecular Hbond substituents is 1. The van der Waals surface area contributed by atoms with Crippen LogP contribution in [0.5, 0.6) is 5.75 Å². The van der Waals surface area contributed by atoms with Gasteiger partial charge >= 0.3 is 0 Å². The number of Topliss-reactive ketones (excluding diaryl/α,β-unsaturated/α-hetero) is 1. The highest BCUT2D eigenvalue weighted by Crippen LogP contribution is 2.59. The molecule has 106 valence electrons. The quantitative estimate of drug-likeness (QED) is 0.779. The summed E-state index contributed by atoms with van der Waals surface area (Å²) in [5, 5.41) is 9.86. The molecule has 4 rings (SSSR count). The molecule has 0 unspecified atom stereocenters. The lowest BCUT2D eigenvalue weighted by Crippen LogP contribution is -2.42. The molecule has 0 radical (unpaired) electrons. The number of hydrogen-bond donors (Lipinski definition) is 1. The number of carbonyl (C=O) groups is 1. The van der Waals surface area contributed by atoms with Crippen LogP contribution in [-0.4, -0.2) is 10.9 Å². The van der Waals surface area contributed by atoms with Crippen LogP contribution in [0, 0.1) is 17.3 Å². The predicted molar refractivity (Wildman–Crippen MR) is 77.7 cm³/mol. The Morgan fingerprint density at radius 1 is 1.35 bits per heavy atom. The van der Waals surface area contributed by atoms with Crippen LogP contribution in [0.3, 0.4) is 0 Å². The smallest absolute Gasteiger partial charge is 0.139 e. The molecule has 0 spiro atoms. The summed E-state index contributed by atoms with van der Waals surface area (Å²) in [5.41, 5.74) is 1.90. The van der Waals surface area contributed by atoms with Gasteiger partial charge in [-0.05, 0) is 73.1 Å². The second-order valence-corrected chi connectivity index (χ2v) is 7.03. The van der Waals surface area contributed by atoms with Gasteiger partial charge in [0, 0.05) is 11.8 Å². The second kappa shape index (κ2) is 4.09. The highest BCUT2D eigenvalue weighted by molar-refractivity contribution is 5.87. The van der Waals surface area contributed by atoms with Crippen molar-refractivity contribution < 1.29 is 12.6 Å². The molecule has 1 aromatic carbocycles. The normalized spacial score (nSPS) is 40.5. The molecule has 0 aromatic heterocycles. The lowest BCUT2D eigenvalue weighted by Gasteiger charge is -2.48. The summed E-state index contributed by atoms with van der Waals surface area (Å²) in [4.78, 5) is 12.3. The molecule has 0 bridgehead atoms. The van der Waals surface area contributed by atoms with Gasteiger partial charge in [-0.2, -0.15) is 0 Å². The lowest BCUT2D eigenvalue weighted by atomic mass is 9.55. The van der Waals surface area contributed by atoms with Crippen LogP contribution >= 0.6 is 0 Å². The van der Waals surface area contributed by atoms with E-state index < -0.39 is 0 Å². The Bertz CT molecular complexity index is 670. The number of benzene rings is 1. The van der Waals surface area contributed by atoms with Gasteiger partial charge in [-0.25, -0.2) is 0 Å². The predicted octanol–water partition coefficient (Wildman–Crippen LogP) is 3.82. The summed E-state index contributed by atoms with van der Waals surface area (Å²) < 4.78 is 16.0. The molecule has 0 aliphatic heterocycles. The molecule has 2 fully saturated rings. The molecule has 4 atom stereocenters. The van der Waals surface area contributed by atoms with Gasteiger partial charge in [-0.1, -0.05) is 13.0 Å².